The molecule has 19 heavy (non-hydrogen) atoms. The molecule has 0 aliphatic heterocycles. The van der Waals surface area contributed by atoms with E-state index in [-0.39, 0.29) is 0 Å². The van der Waals surface area contributed by atoms with Gasteiger partial charge in [0.25, 0.3) is 0 Å². The van der Waals surface area contributed by atoms with Crippen LogP contribution in [0.4, 0.5) is 0 Å². The fraction of sp³-hybridized carbons (Fsp3) is 0.400. The van der Waals surface area contributed by atoms with Gasteiger partial charge in [-0.2, -0.15) is 0 Å². The summed E-state index contributed by atoms with van der Waals surface area (Å²) in [5, 5.41) is 3.56. The maximum absolute atomic E-state index is 5.42. The van der Waals surface area contributed by atoms with E-state index < -0.39 is 0 Å². The van der Waals surface area contributed by atoms with Crippen LogP contribution in [0.1, 0.15) is 30.8 Å². The maximum Gasteiger partial charge on any atom is 0.123 e. The number of nitrogens with zero attached hydrogens (tertiary/aromatic N) is 1. The van der Waals surface area contributed by atoms with Crippen LogP contribution in [0.3, 0.4) is 0 Å². The molecule has 4 heteroatoms. The average molecular weight is 259 g/mol. The topological polar surface area (TPSA) is 49.9 Å². The van der Waals surface area contributed by atoms with Crippen LogP contribution < -0.4 is 10.1 Å². The minimum atomic E-state index is 0.311. The third-order valence-corrected chi connectivity index (χ3v) is 3.23. The molecule has 1 unspecified atom stereocenters. The number of aromatic amines is 1. The Kier molecular flexibility index (Phi) is 4.98. The molecule has 1 atom stereocenters. The van der Waals surface area contributed by atoms with Gasteiger partial charge < -0.3 is 15.0 Å². The fourth-order valence-corrected chi connectivity index (χ4v) is 2.23. The molecule has 2 N–H and O–H groups in total. The van der Waals surface area contributed by atoms with Crippen molar-refractivity contribution in [1.29, 1.82) is 0 Å². The van der Waals surface area contributed by atoms with Gasteiger partial charge in [-0.25, -0.2) is 4.98 Å². The Bertz CT molecular complexity index is 482. The minimum Gasteiger partial charge on any atom is -0.496 e. The fourth-order valence-electron chi connectivity index (χ4n) is 2.23. The third kappa shape index (κ3) is 3.58. The van der Waals surface area contributed by atoms with Crippen molar-refractivity contribution in [1.82, 2.24) is 15.3 Å². The number of para-hydroxylation sites is 1. The largest absolute Gasteiger partial charge is 0.496 e. The summed E-state index contributed by atoms with van der Waals surface area (Å²) in [7, 11) is 1.72. The van der Waals surface area contributed by atoms with E-state index in [4.69, 9.17) is 4.74 Å². The Hall–Kier alpha value is -1.81. The molecule has 1 heterocycles. The van der Waals surface area contributed by atoms with Crippen molar-refractivity contribution in [3.05, 3.63) is 48.0 Å². The van der Waals surface area contributed by atoms with Crippen molar-refractivity contribution >= 4 is 0 Å². The van der Waals surface area contributed by atoms with E-state index in [1.165, 1.54) is 5.56 Å². The van der Waals surface area contributed by atoms with Gasteiger partial charge >= 0.3 is 0 Å². The van der Waals surface area contributed by atoms with Gasteiger partial charge in [0, 0.05) is 37.0 Å². The van der Waals surface area contributed by atoms with Gasteiger partial charge in [0.15, 0.2) is 0 Å². The lowest BCUT2D eigenvalue weighted by Crippen LogP contribution is -2.24. The van der Waals surface area contributed by atoms with Crippen molar-refractivity contribution in [3.8, 4) is 5.75 Å². The summed E-state index contributed by atoms with van der Waals surface area (Å²) in [6, 6.07) is 8.48. The van der Waals surface area contributed by atoms with Gasteiger partial charge in [-0.15, -0.1) is 0 Å². The van der Waals surface area contributed by atoms with Gasteiger partial charge in [0.1, 0.15) is 11.6 Å². The number of nitrogens with one attached hydrogen (secondary N) is 2. The molecule has 102 valence electrons. The smallest absolute Gasteiger partial charge is 0.123 e. The quantitative estimate of drug-likeness (QED) is 0.803. The van der Waals surface area contributed by atoms with E-state index >= 15 is 0 Å². The first-order chi connectivity index (χ1) is 9.35. The maximum atomic E-state index is 5.42. The van der Waals surface area contributed by atoms with Crippen molar-refractivity contribution in [2.75, 3.05) is 13.7 Å². The van der Waals surface area contributed by atoms with E-state index in [1.807, 2.05) is 18.3 Å². The highest BCUT2D eigenvalue weighted by atomic mass is 16.5. The molecular formula is C15H21N3O. The second-order valence-corrected chi connectivity index (χ2v) is 4.44. The van der Waals surface area contributed by atoms with E-state index in [0.29, 0.717) is 6.04 Å². The first-order valence-electron chi connectivity index (χ1n) is 6.69. The van der Waals surface area contributed by atoms with Crippen LogP contribution in [0.2, 0.25) is 0 Å². The number of hydrogen-bond acceptors (Lipinski definition) is 3. The number of imidazole rings is 1. The second-order valence-electron chi connectivity index (χ2n) is 4.44. The molecule has 2 rings (SSSR count). The standard InChI is InChI=1S/C15H21N3O/c1-3-13(12-6-4-5-7-14(12)19-2)16-9-8-15-17-10-11-18-15/h4-7,10-11,13,16H,3,8-9H2,1-2H3,(H,17,18). The summed E-state index contributed by atoms with van der Waals surface area (Å²) in [6.45, 7) is 3.07. The minimum absolute atomic E-state index is 0.311. The zero-order valence-electron chi connectivity index (χ0n) is 11.5. The monoisotopic (exact) mass is 259 g/mol. The van der Waals surface area contributed by atoms with Gasteiger partial charge in [0.05, 0.1) is 7.11 Å². The lowest BCUT2D eigenvalue weighted by molar-refractivity contribution is 0.397. The molecule has 0 aliphatic rings. The predicted octanol–water partition coefficient (Wildman–Crippen LogP) is 2.70. The van der Waals surface area contributed by atoms with E-state index in [9.17, 15) is 0 Å². The van der Waals surface area contributed by atoms with Crippen molar-refractivity contribution in [2.45, 2.75) is 25.8 Å². The lowest BCUT2D eigenvalue weighted by Gasteiger charge is -2.19. The van der Waals surface area contributed by atoms with Crippen LogP contribution in [0.5, 0.6) is 5.75 Å². The van der Waals surface area contributed by atoms with Gasteiger partial charge in [-0.1, -0.05) is 25.1 Å². The highest BCUT2D eigenvalue weighted by Gasteiger charge is 2.13. The highest BCUT2D eigenvalue weighted by molar-refractivity contribution is 5.35. The van der Waals surface area contributed by atoms with Gasteiger partial charge in [-0.05, 0) is 12.5 Å². The van der Waals surface area contributed by atoms with Crippen LogP contribution in [-0.4, -0.2) is 23.6 Å². The Morgan fingerprint density at radius 1 is 1.37 bits per heavy atom. The average Bonchev–Trinajstić information content (AvgIpc) is 2.97. The Labute approximate surface area is 114 Å². The number of ether oxygens (including phenoxy) is 1. The van der Waals surface area contributed by atoms with Crippen molar-refractivity contribution < 1.29 is 4.74 Å². The molecule has 4 nitrogen and oxygen atoms in total. The molecule has 1 aromatic carbocycles. The van der Waals surface area contributed by atoms with E-state index in [2.05, 4.69) is 34.3 Å². The van der Waals surface area contributed by atoms with Gasteiger partial charge in [0.2, 0.25) is 0 Å². The normalized spacial score (nSPS) is 12.3. The number of hydrogen-bond donors (Lipinski definition) is 2. The van der Waals surface area contributed by atoms with Crippen LogP contribution in [-0.2, 0) is 6.42 Å². The molecule has 0 spiro atoms. The molecule has 0 saturated heterocycles. The summed E-state index contributed by atoms with van der Waals surface area (Å²) in [5.41, 5.74) is 1.21. The summed E-state index contributed by atoms with van der Waals surface area (Å²) >= 11 is 0. The van der Waals surface area contributed by atoms with E-state index in [0.717, 1.165) is 31.0 Å². The molecule has 0 saturated carbocycles. The Morgan fingerprint density at radius 3 is 2.89 bits per heavy atom. The number of rotatable bonds is 7. The number of methoxy groups -OCH3 is 1. The predicted molar refractivity (Wildman–Crippen MR) is 76.3 cm³/mol. The van der Waals surface area contributed by atoms with Crippen LogP contribution in [0, 0.1) is 0 Å². The highest BCUT2D eigenvalue weighted by Crippen LogP contribution is 2.26. The lowest BCUT2D eigenvalue weighted by atomic mass is 10.0. The molecule has 0 fully saturated rings. The first-order valence-corrected chi connectivity index (χ1v) is 6.69. The summed E-state index contributed by atoms with van der Waals surface area (Å²) in [5.74, 6) is 1.96. The summed E-state index contributed by atoms with van der Waals surface area (Å²) < 4.78 is 5.42. The van der Waals surface area contributed by atoms with Crippen LogP contribution >= 0.6 is 0 Å². The molecule has 0 bridgehead atoms. The van der Waals surface area contributed by atoms with Gasteiger partial charge in [-0.3, -0.25) is 0 Å². The molecule has 0 aliphatic carbocycles. The summed E-state index contributed by atoms with van der Waals surface area (Å²) in [4.78, 5) is 7.34. The third-order valence-electron chi connectivity index (χ3n) is 3.23. The van der Waals surface area contributed by atoms with Crippen LogP contribution in [0.25, 0.3) is 0 Å². The molecule has 2 aromatic rings. The zero-order chi connectivity index (χ0) is 13.5. The van der Waals surface area contributed by atoms with Crippen molar-refractivity contribution in [2.24, 2.45) is 0 Å². The SMILES string of the molecule is CCC(NCCc1ncc[nH]1)c1ccccc1OC. The van der Waals surface area contributed by atoms with E-state index in [1.54, 1.807) is 13.3 Å². The van der Waals surface area contributed by atoms with Crippen LogP contribution in [0.15, 0.2) is 36.7 Å². The number of aromatic nitrogens is 2. The Morgan fingerprint density at radius 2 is 2.21 bits per heavy atom. The van der Waals surface area contributed by atoms with Crippen molar-refractivity contribution in [3.63, 3.8) is 0 Å². The zero-order valence-corrected chi connectivity index (χ0v) is 11.5. The number of H-pyrrole nitrogens is 1. The number of benzene rings is 1. The Balaban J connectivity index is 1.95. The second kappa shape index (κ2) is 6.95. The molecule has 0 amide bonds. The summed E-state index contributed by atoms with van der Waals surface area (Å²) in [6.07, 6.45) is 5.57. The molecule has 0 radical (unpaired) electrons. The first kappa shape index (κ1) is 13.6. The molecule has 1 aromatic heterocycles. The molecular weight excluding hydrogens is 238 g/mol.